The van der Waals surface area contributed by atoms with E-state index in [-0.39, 0.29) is 0 Å². The highest BCUT2D eigenvalue weighted by molar-refractivity contribution is 9.10. The maximum atomic E-state index is 10.1. The minimum atomic E-state index is -0.496. The molecular formula is C13H19BrO3. The van der Waals surface area contributed by atoms with Gasteiger partial charge in [-0.2, -0.15) is 0 Å². The molecule has 0 heterocycles. The molecule has 0 fully saturated rings. The average molecular weight is 303 g/mol. The lowest BCUT2D eigenvalue weighted by atomic mass is 9.99. The highest BCUT2D eigenvalue weighted by Gasteiger charge is 2.16. The Morgan fingerprint density at radius 1 is 1.18 bits per heavy atom. The molecule has 1 N–H and O–H groups in total. The van der Waals surface area contributed by atoms with Gasteiger partial charge in [0.15, 0.2) is 11.5 Å². The van der Waals surface area contributed by atoms with Crippen LogP contribution in [-0.4, -0.2) is 19.3 Å². The molecule has 1 rings (SSSR count). The van der Waals surface area contributed by atoms with E-state index in [9.17, 15) is 5.11 Å². The Morgan fingerprint density at radius 2 is 1.71 bits per heavy atom. The van der Waals surface area contributed by atoms with E-state index in [1.807, 2.05) is 12.1 Å². The van der Waals surface area contributed by atoms with E-state index in [2.05, 4.69) is 29.8 Å². The second-order valence-electron chi connectivity index (χ2n) is 4.37. The number of aliphatic hydroxyl groups is 1. The van der Waals surface area contributed by atoms with Crippen LogP contribution in [0.25, 0.3) is 0 Å². The maximum absolute atomic E-state index is 10.1. The van der Waals surface area contributed by atoms with Crippen molar-refractivity contribution in [1.82, 2.24) is 0 Å². The smallest absolute Gasteiger partial charge is 0.161 e. The fourth-order valence-electron chi connectivity index (χ4n) is 1.70. The van der Waals surface area contributed by atoms with Crippen molar-refractivity contribution in [2.45, 2.75) is 26.4 Å². The molecule has 0 bridgehead atoms. The molecule has 0 aromatic heterocycles. The molecule has 1 unspecified atom stereocenters. The Labute approximate surface area is 111 Å². The van der Waals surface area contributed by atoms with Crippen molar-refractivity contribution < 1.29 is 14.6 Å². The Morgan fingerprint density at radius 3 is 2.18 bits per heavy atom. The number of methoxy groups -OCH3 is 2. The summed E-state index contributed by atoms with van der Waals surface area (Å²) < 4.78 is 11.3. The van der Waals surface area contributed by atoms with Crippen molar-refractivity contribution in [3.63, 3.8) is 0 Å². The highest BCUT2D eigenvalue weighted by atomic mass is 79.9. The molecule has 1 aromatic carbocycles. The number of hydrogen-bond acceptors (Lipinski definition) is 3. The molecule has 0 saturated heterocycles. The van der Waals surface area contributed by atoms with Gasteiger partial charge in [-0.25, -0.2) is 0 Å². The van der Waals surface area contributed by atoms with Crippen LogP contribution in [0.5, 0.6) is 11.5 Å². The van der Waals surface area contributed by atoms with Gasteiger partial charge in [0, 0.05) is 4.47 Å². The number of halogens is 1. The van der Waals surface area contributed by atoms with Gasteiger partial charge in [0.1, 0.15) is 0 Å². The molecule has 4 heteroatoms. The zero-order chi connectivity index (χ0) is 13.0. The molecule has 1 aromatic rings. The van der Waals surface area contributed by atoms with Gasteiger partial charge in [-0.1, -0.05) is 29.8 Å². The van der Waals surface area contributed by atoms with E-state index in [1.54, 1.807) is 14.2 Å². The minimum absolute atomic E-state index is 0.435. The molecule has 1 atom stereocenters. The summed E-state index contributed by atoms with van der Waals surface area (Å²) in [4.78, 5) is 0. The molecular weight excluding hydrogens is 284 g/mol. The summed E-state index contributed by atoms with van der Waals surface area (Å²) in [5.41, 5.74) is 0.830. The molecule has 0 aliphatic carbocycles. The van der Waals surface area contributed by atoms with Gasteiger partial charge in [0.25, 0.3) is 0 Å². The molecule has 0 saturated carbocycles. The fraction of sp³-hybridized carbons (Fsp3) is 0.538. The Kier molecular flexibility index (Phi) is 5.28. The monoisotopic (exact) mass is 302 g/mol. The van der Waals surface area contributed by atoms with Crippen LogP contribution >= 0.6 is 15.9 Å². The van der Waals surface area contributed by atoms with E-state index in [0.717, 1.165) is 10.0 Å². The van der Waals surface area contributed by atoms with Crippen LogP contribution in [-0.2, 0) is 0 Å². The summed E-state index contributed by atoms with van der Waals surface area (Å²) in [6, 6.07) is 3.63. The van der Waals surface area contributed by atoms with E-state index < -0.39 is 6.10 Å². The largest absolute Gasteiger partial charge is 0.493 e. The molecule has 96 valence electrons. The number of ether oxygens (including phenoxy) is 2. The average Bonchev–Trinajstić information content (AvgIpc) is 2.27. The quantitative estimate of drug-likeness (QED) is 0.904. The van der Waals surface area contributed by atoms with Gasteiger partial charge in [0.05, 0.1) is 20.3 Å². The first-order valence-electron chi connectivity index (χ1n) is 5.59. The highest BCUT2D eigenvalue weighted by Crippen LogP contribution is 2.37. The molecule has 0 aliphatic heterocycles. The van der Waals surface area contributed by atoms with Gasteiger partial charge >= 0.3 is 0 Å². The van der Waals surface area contributed by atoms with Crippen LogP contribution in [0.3, 0.4) is 0 Å². The SMILES string of the molecule is COc1cc(Br)c(C(O)CC(C)C)cc1OC. The van der Waals surface area contributed by atoms with Crippen LogP contribution in [0.1, 0.15) is 31.9 Å². The van der Waals surface area contributed by atoms with Gasteiger partial charge < -0.3 is 14.6 Å². The fourth-order valence-corrected chi connectivity index (χ4v) is 2.29. The minimum Gasteiger partial charge on any atom is -0.493 e. The third-order valence-corrected chi connectivity index (χ3v) is 3.24. The van der Waals surface area contributed by atoms with Crippen LogP contribution in [0.4, 0.5) is 0 Å². The van der Waals surface area contributed by atoms with Gasteiger partial charge in [-0.3, -0.25) is 0 Å². The Hall–Kier alpha value is -0.740. The zero-order valence-corrected chi connectivity index (χ0v) is 12.2. The van der Waals surface area contributed by atoms with E-state index in [1.165, 1.54) is 0 Å². The predicted molar refractivity (Wildman–Crippen MR) is 71.7 cm³/mol. The summed E-state index contributed by atoms with van der Waals surface area (Å²) in [6.45, 7) is 4.16. The summed E-state index contributed by atoms with van der Waals surface area (Å²) in [5.74, 6) is 1.72. The van der Waals surface area contributed by atoms with Gasteiger partial charge in [0.2, 0.25) is 0 Å². The van der Waals surface area contributed by atoms with E-state index in [4.69, 9.17) is 9.47 Å². The molecule has 0 aliphatic rings. The summed E-state index contributed by atoms with van der Waals surface area (Å²) in [5, 5.41) is 10.1. The normalized spacial score (nSPS) is 12.6. The number of aliphatic hydroxyl groups excluding tert-OH is 1. The van der Waals surface area contributed by atoms with Crippen LogP contribution in [0.15, 0.2) is 16.6 Å². The van der Waals surface area contributed by atoms with Crippen molar-refractivity contribution in [3.8, 4) is 11.5 Å². The van der Waals surface area contributed by atoms with Crippen molar-refractivity contribution >= 4 is 15.9 Å². The third-order valence-electron chi connectivity index (χ3n) is 2.56. The van der Waals surface area contributed by atoms with E-state index >= 15 is 0 Å². The molecule has 3 nitrogen and oxygen atoms in total. The first-order valence-corrected chi connectivity index (χ1v) is 6.38. The van der Waals surface area contributed by atoms with Gasteiger partial charge in [-0.05, 0) is 30.0 Å². The standard InChI is InChI=1S/C13H19BrO3/c1-8(2)5-11(15)9-6-12(16-3)13(17-4)7-10(9)14/h6-8,11,15H,5H2,1-4H3. The second kappa shape index (κ2) is 6.26. The van der Waals surface area contributed by atoms with Crippen LogP contribution in [0, 0.1) is 5.92 Å². The summed E-state index contributed by atoms with van der Waals surface area (Å²) in [6.07, 6.45) is 0.220. The Balaban J connectivity index is 3.07. The number of hydrogen-bond donors (Lipinski definition) is 1. The molecule has 0 amide bonds. The predicted octanol–water partition coefficient (Wildman–Crippen LogP) is 3.55. The van der Waals surface area contributed by atoms with Gasteiger partial charge in [-0.15, -0.1) is 0 Å². The lowest BCUT2D eigenvalue weighted by Gasteiger charge is -2.17. The number of benzene rings is 1. The molecule has 0 radical (unpaired) electrons. The van der Waals surface area contributed by atoms with Crippen molar-refractivity contribution in [3.05, 3.63) is 22.2 Å². The maximum Gasteiger partial charge on any atom is 0.161 e. The second-order valence-corrected chi connectivity index (χ2v) is 5.23. The molecule has 0 spiro atoms. The topological polar surface area (TPSA) is 38.7 Å². The Bertz CT molecular complexity index is 377. The van der Waals surface area contributed by atoms with Crippen LogP contribution < -0.4 is 9.47 Å². The summed E-state index contributed by atoms with van der Waals surface area (Å²) >= 11 is 3.45. The van der Waals surface area contributed by atoms with Crippen molar-refractivity contribution in [2.75, 3.05) is 14.2 Å². The first-order chi connectivity index (χ1) is 7.99. The van der Waals surface area contributed by atoms with Crippen molar-refractivity contribution in [1.29, 1.82) is 0 Å². The molecule has 17 heavy (non-hydrogen) atoms. The third kappa shape index (κ3) is 3.61. The summed E-state index contributed by atoms with van der Waals surface area (Å²) in [7, 11) is 3.18. The lowest BCUT2D eigenvalue weighted by Crippen LogP contribution is -2.04. The first kappa shape index (κ1) is 14.3. The lowest BCUT2D eigenvalue weighted by molar-refractivity contribution is 0.150. The number of rotatable bonds is 5. The van der Waals surface area contributed by atoms with Crippen LogP contribution in [0.2, 0.25) is 0 Å². The zero-order valence-electron chi connectivity index (χ0n) is 10.7. The van der Waals surface area contributed by atoms with E-state index in [0.29, 0.717) is 23.8 Å². The van der Waals surface area contributed by atoms with Crippen molar-refractivity contribution in [2.24, 2.45) is 5.92 Å².